The predicted octanol–water partition coefficient (Wildman–Crippen LogP) is 5.56. The largest absolute Gasteiger partial charge is 0.415 e. The summed E-state index contributed by atoms with van der Waals surface area (Å²) in [5.74, 6) is 1.35. The molecule has 0 unspecified atom stereocenters. The van der Waals surface area contributed by atoms with Gasteiger partial charge in [-0.25, -0.2) is 14.8 Å². The molecule has 0 saturated heterocycles. The van der Waals surface area contributed by atoms with Crippen molar-refractivity contribution >= 4 is 28.7 Å². The number of nitrogens with zero attached hydrogens (tertiary/aromatic N) is 4. The van der Waals surface area contributed by atoms with Crippen LogP contribution in [-0.4, -0.2) is 37.6 Å². The van der Waals surface area contributed by atoms with Crippen molar-refractivity contribution in [1.29, 1.82) is 0 Å². The molecule has 0 atom stereocenters. The number of carbonyl (C=O) groups is 1. The van der Waals surface area contributed by atoms with E-state index in [1.807, 2.05) is 70.4 Å². The zero-order chi connectivity index (χ0) is 21.3. The minimum absolute atomic E-state index is 0.319. The van der Waals surface area contributed by atoms with Crippen molar-refractivity contribution < 1.29 is 9.53 Å². The molecule has 0 spiro atoms. The van der Waals surface area contributed by atoms with Gasteiger partial charge in [-0.1, -0.05) is 24.6 Å². The summed E-state index contributed by atoms with van der Waals surface area (Å²) in [7, 11) is 0. The summed E-state index contributed by atoms with van der Waals surface area (Å²) >= 11 is 6.32. The monoisotopic (exact) mass is 414 g/mol. The van der Waals surface area contributed by atoms with E-state index >= 15 is 0 Å². The third-order valence-electron chi connectivity index (χ3n) is 4.74. The van der Waals surface area contributed by atoms with Crippen molar-refractivity contribution in [1.82, 2.24) is 19.4 Å². The fourth-order valence-corrected chi connectivity index (χ4v) is 3.72. The number of rotatable bonds is 4. The Bertz CT molecular complexity index is 1050. The van der Waals surface area contributed by atoms with Crippen LogP contribution < -0.4 is 4.74 Å². The molecule has 3 aromatic rings. The predicted molar refractivity (Wildman–Crippen MR) is 116 cm³/mol. The summed E-state index contributed by atoms with van der Waals surface area (Å²) < 4.78 is 7.72. The number of aromatic nitrogens is 3. The van der Waals surface area contributed by atoms with E-state index in [0.717, 1.165) is 29.1 Å². The molecule has 3 rings (SSSR count). The SMILES string of the molecule is CCc1nc2c(Cl)nc(C)cc2n1-c1cccc(OC(=O)N(CC)C(C)(C)C)c1. The van der Waals surface area contributed by atoms with E-state index in [1.165, 1.54) is 0 Å². The summed E-state index contributed by atoms with van der Waals surface area (Å²) in [5.41, 5.74) is 2.91. The number of fused-ring (bicyclic) bond motifs is 1. The van der Waals surface area contributed by atoms with Crippen LogP contribution in [0.3, 0.4) is 0 Å². The smallest absolute Gasteiger partial charge is 0.410 e. The Morgan fingerprint density at radius 1 is 1.21 bits per heavy atom. The first kappa shape index (κ1) is 21.1. The third kappa shape index (κ3) is 4.22. The maximum Gasteiger partial charge on any atom is 0.415 e. The van der Waals surface area contributed by atoms with E-state index in [9.17, 15) is 4.79 Å². The van der Waals surface area contributed by atoms with E-state index in [4.69, 9.17) is 16.3 Å². The van der Waals surface area contributed by atoms with Gasteiger partial charge in [0.25, 0.3) is 0 Å². The molecule has 6 nitrogen and oxygen atoms in total. The van der Waals surface area contributed by atoms with Gasteiger partial charge in [0.2, 0.25) is 0 Å². The number of amides is 1. The van der Waals surface area contributed by atoms with Gasteiger partial charge >= 0.3 is 6.09 Å². The van der Waals surface area contributed by atoms with Crippen LogP contribution in [0, 0.1) is 6.92 Å². The Morgan fingerprint density at radius 2 is 1.93 bits per heavy atom. The van der Waals surface area contributed by atoms with Crippen molar-refractivity contribution in [3.05, 3.63) is 47.0 Å². The highest BCUT2D eigenvalue weighted by Crippen LogP contribution is 2.29. The number of carbonyl (C=O) groups excluding carboxylic acids is 1. The lowest BCUT2D eigenvalue weighted by Gasteiger charge is -2.33. The maximum atomic E-state index is 12.7. The number of hydrogen-bond donors (Lipinski definition) is 0. The van der Waals surface area contributed by atoms with Crippen LogP contribution in [-0.2, 0) is 6.42 Å². The highest BCUT2D eigenvalue weighted by molar-refractivity contribution is 6.33. The molecule has 2 aromatic heterocycles. The summed E-state index contributed by atoms with van der Waals surface area (Å²) in [6.45, 7) is 12.4. The first-order valence-electron chi connectivity index (χ1n) is 9.80. The lowest BCUT2D eigenvalue weighted by Crippen LogP contribution is -2.46. The van der Waals surface area contributed by atoms with Crippen LogP contribution in [0.4, 0.5) is 4.79 Å². The molecule has 2 heterocycles. The summed E-state index contributed by atoms with van der Waals surface area (Å²) in [6.07, 6.45) is 0.355. The molecule has 0 aliphatic rings. The van der Waals surface area contributed by atoms with Crippen LogP contribution in [0.2, 0.25) is 5.15 Å². The van der Waals surface area contributed by atoms with Crippen LogP contribution in [0.5, 0.6) is 5.75 Å². The molecule has 0 bridgehead atoms. The molecular formula is C22H27ClN4O2. The van der Waals surface area contributed by atoms with Gasteiger partial charge in [0.15, 0.2) is 5.15 Å². The van der Waals surface area contributed by atoms with E-state index < -0.39 is 0 Å². The lowest BCUT2D eigenvalue weighted by molar-refractivity contribution is 0.110. The highest BCUT2D eigenvalue weighted by atomic mass is 35.5. The van der Waals surface area contributed by atoms with Crippen molar-refractivity contribution in [2.75, 3.05) is 6.54 Å². The van der Waals surface area contributed by atoms with Gasteiger partial charge in [0.05, 0.1) is 11.2 Å². The Balaban J connectivity index is 2.03. The molecule has 0 N–H and O–H groups in total. The van der Waals surface area contributed by atoms with Gasteiger partial charge in [0, 0.05) is 30.3 Å². The average Bonchev–Trinajstić information content (AvgIpc) is 3.00. The molecule has 0 radical (unpaired) electrons. The van der Waals surface area contributed by atoms with E-state index in [-0.39, 0.29) is 11.6 Å². The fraction of sp³-hybridized carbons (Fsp3) is 0.409. The Labute approximate surface area is 176 Å². The second-order valence-corrected chi connectivity index (χ2v) is 8.28. The van der Waals surface area contributed by atoms with Gasteiger partial charge in [0.1, 0.15) is 17.1 Å². The number of pyridine rings is 1. The molecule has 0 fully saturated rings. The first-order valence-corrected chi connectivity index (χ1v) is 10.2. The number of hydrogen-bond acceptors (Lipinski definition) is 4. The van der Waals surface area contributed by atoms with E-state index in [2.05, 4.69) is 9.97 Å². The van der Waals surface area contributed by atoms with Crippen LogP contribution >= 0.6 is 11.6 Å². The van der Waals surface area contributed by atoms with Crippen LogP contribution in [0.15, 0.2) is 30.3 Å². The summed E-state index contributed by atoms with van der Waals surface area (Å²) in [4.78, 5) is 23.3. The third-order valence-corrected chi connectivity index (χ3v) is 5.01. The van der Waals surface area contributed by atoms with E-state index in [1.54, 1.807) is 11.0 Å². The zero-order valence-corrected chi connectivity index (χ0v) is 18.5. The minimum Gasteiger partial charge on any atom is -0.410 e. The summed E-state index contributed by atoms with van der Waals surface area (Å²) in [5, 5.41) is 0.389. The van der Waals surface area contributed by atoms with Crippen molar-refractivity contribution in [3.63, 3.8) is 0 Å². The van der Waals surface area contributed by atoms with Crippen LogP contribution in [0.25, 0.3) is 16.7 Å². The number of halogens is 1. The maximum absolute atomic E-state index is 12.7. The van der Waals surface area contributed by atoms with Gasteiger partial charge in [-0.05, 0) is 52.8 Å². The van der Waals surface area contributed by atoms with E-state index in [0.29, 0.717) is 23.0 Å². The van der Waals surface area contributed by atoms with Crippen molar-refractivity contribution in [2.45, 2.75) is 53.5 Å². The Morgan fingerprint density at radius 3 is 2.55 bits per heavy atom. The Kier molecular flexibility index (Phi) is 5.85. The van der Waals surface area contributed by atoms with Gasteiger partial charge in [-0.3, -0.25) is 4.57 Å². The number of ether oxygens (including phenoxy) is 1. The molecule has 154 valence electrons. The molecule has 0 aliphatic carbocycles. The Hall–Kier alpha value is -2.60. The van der Waals surface area contributed by atoms with Gasteiger partial charge in [-0.2, -0.15) is 0 Å². The number of benzene rings is 1. The fourth-order valence-electron chi connectivity index (χ4n) is 3.45. The van der Waals surface area contributed by atoms with Crippen LogP contribution in [0.1, 0.15) is 46.1 Å². The molecule has 7 heteroatoms. The molecule has 29 heavy (non-hydrogen) atoms. The zero-order valence-electron chi connectivity index (χ0n) is 17.8. The van der Waals surface area contributed by atoms with Gasteiger partial charge < -0.3 is 9.64 Å². The molecule has 0 saturated carbocycles. The van der Waals surface area contributed by atoms with Crippen molar-refractivity contribution in [2.24, 2.45) is 0 Å². The van der Waals surface area contributed by atoms with Crippen molar-refractivity contribution in [3.8, 4) is 11.4 Å². The molecule has 1 amide bonds. The topological polar surface area (TPSA) is 60.2 Å². The molecule has 0 aliphatic heterocycles. The van der Waals surface area contributed by atoms with Gasteiger partial charge in [-0.15, -0.1) is 0 Å². The number of aryl methyl sites for hydroxylation is 2. The minimum atomic E-state index is -0.369. The quantitative estimate of drug-likeness (QED) is 0.524. The second kappa shape index (κ2) is 8.03. The normalized spacial score (nSPS) is 11.7. The lowest BCUT2D eigenvalue weighted by atomic mass is 10.1. The summed E-state index contributed by atoms with van der Waals surface area (Å²) in [6, 6.07) is 9.42. The number of imidazole rings is 1. The molecular weight excluding hydrogens is 388 g/mol. The first-order chi connectivity index (χ1) is 13.7. The average molecular weight is 415 g/mol. The second-order valence-electron chi connectivity index (χ2n) is 7.92. The standard InChI is InChI=1S/C22H27ClN4O2/c1-7-18-25-19-17(12-14(3)24-20(19)23)27(18)15-10-9-11-16(13-15)29-21(28)26(8-2)22(4,5)6/h9-13H,7-8H2,1-6H3. The highest BCUT2D eigenvalue weighted by Gasteiger charge is 2.26. The molecule has 1 aromatic carbocycles.